The molecule has 1 aromatic heterocycles. The normalized spacial score (nSPS) is 13.9. The van der Waals surface area contributed by atoms with Crippen LogP contribution in [0, 0.1) is 20.8 Å². The van der Waals surface area contributed by atoms with Gasteiger partial charge in [-0.1, -0.05) is 11.6 Å². The van der Waals surface area contributed by atoms with Crippen molar-refractivity contribution in [3.05, 3.63) is 61.5 Å². The third-order valence-electron chi connectivity index (χ3n) is 4.96. The second-order valence-electron chi connectivity index (χ2n) is 6.92. The van der Waals surface area contributed by atoms with E-state index < -0.39 is 0 Å². The minimum absolute atomic E-state index is 0.164. The molecule has 0 bridgehead atoms. The summed E-state index contributed by atoms with van der Waals surface area (Å²) in [6, 6.07) is 5.52. The zero-order valence-corrected chi connectivity index (χ0v) is 16.2. The van der Waals surface area contributed by atoms with E-state index in [1.165, 1.54) is 0 Å². The highest BCUT2D eigenvalue weighted by atomic mass is 35.5. The predicted molar refractivity (Wildman–Crippen MR) is 105 cm³/mol. The average Bonchev–Trinajstić information content (AvgIpc) is 3.09. The molecule has 0 radical (unpaired) electrons. The Bertz CT molecular complexity index is 899. The third-order valence-corrected chi connectivity index (χ3v) is 5.17. The molecule has 1 amide bonds. The fraction of sp³-hybridized carbons (Fsp3) is 0.400. The molecule has 5 nitrogen and oxygen atoms in total. The van der Waals surface area contributed by atoms with Gasteiger partial charge in [0.2, 0.25) is 0 Å². The molecule has 0 spiro atoms. The predicted octanol–water partition coefficient (Wildman–Crippen LogP) is 3.48. The number of anilines is 1. The topological polar surface area (TPSA) is 65.2 Å². The molecule has 2 N–H and O–H groups in total. The molecule has 1 aliphatic rings. The number of benzene rings is 1. The van der Waals surface area contributed by atoms with E-state index in [0.717, 1.165) is 48.4 Å². The van der Waals surface area contributed by atoms with Crippen LogP contribution in [0.15, 0.2) is 23.0 Å². The van der Waals surface area contributed by atoms with Crippen LogP contribution < -0.4 is 15.8 Å². The summed E-state index contributed by atoms with van der Waals surface area (Å²) in [7, 11) is 0. The Morgan fingerprint density at radius 1 is 1.19 bits per heavy atom. The van der Waals surface area contributed by atoms with Gasteiger partial charge in [0, 0.05) is 47.2 Å². The molecule has 2 aromatic rings. The highest BCUT2D eigenvalue weighted by Crippen LogP contribution is 2.30. The maximum Gasteiger partial charge on any atom is 0.253 e. The SMILES string of the molecule is Cc1cc(C)c(CNC(=O)c2cc(Cl)cc(N3CCCC3)c2C)c(=O)[nH]1. The molecule has 1 fully saturated rings. The van der Waals surface area contributed by atoms with Gasteiger partial charge >= 0.3 is 0 Å². The van der Waals surface area contributed by atoms with Crippen molar-refractivity contribution < 1.29 is 4.79 Å². The van der Waals surface area contributed by atoms with E-state index in [9.17, 15) is 9.59 Å². The Kier molecular flexibility index (Phi) is 5.37. The number of pyridine rings is 1. The summed E-state index contributed by atoms with van der Waals surface area (Å²) < 4.78 is 0. The Morgan fingerprint density at radius 2 is 1.88 bits per heavy atom. The first-order chi connectivity index (χ1) is 12.4. The maximum atomic E-state index is 12.7. The van der Waals surface area contributed by atoms with Crippen LogP contribution in [0.2, 0.25) is 5.02 Å². The monoisotopic (exact) mass is 373 g/mol. The number of carbonyl (C=O) groups is 1. The highest BCUT2D eigenvalue weighted by molar-refractivity contribution is 6.31. The first-order valence-electron chi connectivity index (χ1n) is 8.89. The van der Waals surface area contributed by atoms with Crippen LogP contribution in [0.3, 0.4) is 0 Å². The molecule has 138 valence electrons. The second-order valence-corrected chi connectivity index (χ2v) is 7.35. The molecular weight excluding hydrogens is 350 g/mol. The van der Waals surface area contributed by atoms with Crippen LogP contribution in [-0.2, 0) is 6.54 Å². The summed E-state index contributed by atoms with van der Waals surface area (Å²) in [6.45, 7) is 7.82. The minimum atomic E-state index is -0.218. The summed E-state index contributed by atoms with van der Waals surface area (Å²) in [5.74, 6) is -0.218. The van der Waals surface area contributed by atoms with E-state index in [1.807, 2.05) is 32.9 Å². The number of nitrogens with one attached hydrogen (secondary N) is 2. The molecule has 1 saturated heterocycles. The lowest BCUT2D eigenvalue weighted by Gasteiger charge is -2.22. The zero-order chi connectivity index (χ0) is 18.8. The molecule has 0 atom stereocenters. The van der Waals surface area contributed by atoms with Gasteiger partial charge in [-0.15, -0.1) is 0 Å². The molecule has 26 heavy (non-hydrogen) atoms. The number of aromatic nitrogens is 1. The average molecular weight is 374 g/mol. The maximum absolute atomic E-state index is 12.7. The van der Waals surface area contributed by atoms with Crippen LogP contribution >= 0.6 is 11.6 Å². The fourth-order valence-electron chi connectivity index (χ4n) is 3.55. The standard InChI is InChI=1S/C20H24ClN3O2/c1-12-8-13(2)23-20(26)17(12)11-22-19(25)16-9-15(21)10-18(14(16)3)24-6-4-5-7-24/h8-10H,4-7,11H2,1-3H3,(H,22,25)(H,23,26). The molecule has 1 aromatic carbocycles. The summed E-state index contributed by atoms with van der Waals surface area (Å²) in [5.41, 5.74) is 4.58. The van der Waals surface area contributed by atoms with Gasteiger partial charge in [-0.2, -0.15) is 0 Å². The van der Waals surface area contributed by atoms with E-state index in [-0.39, 0.29) is 18.0 Å². The third kappa shape index (κ3) is 3.78. The van der Waals surface area contributed by atoms with Crippen LogP contribution in [0.4, 0.5) is 5.69 Å². The van der Waals surface area contributed by atoms with E-state index >= 15 is 0 Å². The number of aryl methyl sites for hydroxylation is 2. The molecular formula is C20H24ClN3O2. The van der Waals surface area contributed by atoms with Gasteiger partial charge in [0.1, 0.15) is 0 Å². The number of amides is 1. The van der Waals surface area contributed by atoms with Gasteiger partial charge in [-0.05, 0) is 62.9 Å². The van der Waals surface area contributed by atoms with Crippen molar-refractivity contribution in [3.63, 3.8) is 0 Å². The molecule has 3 rings (SSSR count). The van der Waals surface area contributed by atoms with Crippen LogP contribution in [0.5, 0.6) is 0 Å². The zero-order valence-electron chi connectivity index (χ0n) is 15.4. The minimum Gasteiger partial charge on any atom is -0.371 e. The van der Waals surface area contributed by atoms with Crippen LogP contribution in [0.1, 0.15) is 45.6 Å². The Balaban J connectivity index is 1.83. The fourth-order valence-corrected chi connectivity index (χ4v) is 3.76. The smallest absolute Gasteiger partial charge is 0.253 e. The molecule has 6 heteroatoms. The molecule has 0 saturated carbocycles. The number of rotatable bonds is 4. The molecule has 0 aliphatic carbocycles. The number of halogens is 1. The van der Waals surface area contributed by atoms with Crippen molar-refractivity contribution in [2.45, 2.75) is 40.2 Å². The van der Waals surface area contributed by atoms with Crippen molar-refractivity contribution in [3.8, 4) is 0 Å². The summed E-state index contributed by atoms with van der Waals surface area (Å²) in [5, 5.41) is 3.41. The van der Waals surface area contributed by atoms with E-state index in [4.69, 9.17) is 11.6 Å². The van der Waals surface area contributed by atoms with Gasteiger partial charge in [-0.25, -0.2) is 0 Å². The van der Waals surface area contributed by atoms with Crippen LogP contribution in [0.25, 0.3) is 0 Å². The number of carbonyl (C=O) groups excluding carboxylic acids is 1. The van der Waals surface area contributed by atoms with E-state index in [2.05, 4.69) is 15.2 Å². The number of aromatic amines is 1. The van der Waals surface area contributed by atoms with Gasteiger partial charge in [0.05, 0.1) is 0 Å². The van der Waals surface area contributed by atoms with Crippen molar-refractivity contribution in [1.29, 1.82) is 0 Å². The second kappa shape index (κ2) is 7.54. The van der Waals surface area contributed by atoms with Crippen molar-refractivity contribution in [2.24, 2.45) is 0 Å². The lowest BCUT2D eigenvalue weighted by atomic mass is 10.0. The largest absolute Gasteiger partial charge is 0.371 e. The van der Waals surface area contributed by atoms with Crippen LogP contribution in [-0.4, -0.2) is 24.0 Å². The van der Waals surface area contributed by atoms with Crippen molar-refractivity contribution >= 4 is 23.2 Å². The van der Waals surface area contributed by atoms with Gasteiger partial charge in [-0.3, -0.25) is 9.59 Å². The first-order valence-corrected chi connectivity index (χ1v) is 9.27. The quantitative estimate of drug-likeness (QED) is 0.862. The lowest BCUT2D eigenvalue weighted by Crippen LogP contribution is -2.29. The number of hydrogen-bond acceptors (Lipinski definition) is 3. The van der Waals surface area contributed by atoms with E-state index in [1.54, 1.807) is 6.07 Å². The van der Waals surface area contributed by atoms with Gasteiger partial charge in [0.15, 0.2) is 0 Å². The summed E-state index contributed by atoms with van der Waals surface area (Å²) in [6.07, 6.45) is 2.31. The summed E-state index contributed by atoms with van der Waals surface area (Å²) >= 11 is 6.27. The highest BCUT2D eigenvalue weighted by Gasteiger charge is 2.20. The van der Waals surface area contributed by atoms with Crippen molar-refractivity contribution in [2.75, 3.05) is 18.0 Å². The number of H-pyrrole nitrogens is 1. The number of hydrogen-bond donors (Lipinski definition) is 2. The summed E-state index contributed by atoms with van der Waals surface area (Å²) in [4.78, 5) is 29.9. The van der Waals surface area contributed by atoms with Gasteiger partial charge in [0.25, 0.3) is 11.5 Å². The lowest BCUT2D eigenvalue weighted by molar-refractivity contribution is 0.0950. The Morgan fingerprint density at radius 3 is 2.54 bits per heavy atom. The van der Waals surface area contributed by atoms with E-state index in [0.29, 0.717) is 16.1 Å². The number of nitrogens with zero attached hydrogens (tertiary/aromatic N) is 1. The Hall–Kier alpha value is -2.27. The molecule has 2 heterocycles. The molecule has 0 unspecified atom stereocenters. The Labute approximate surface area is 158 Å². The van der Waals surface area contributed by atoms with Crippen molar-refractivity contribution in [1.82, 2.24) is 10.3 Å². The first kappa shape index (κ1) is 18.5. The van der Waals surface area contributed by atoms with Gasteiger partial charge < -0.3 is 15.2 Å². The molecule has 1 aliphatic heterocycles.